The quantitative estimate of drug-likeness (QED) is 0.714. The lowest BCUT2D eigenvalue weighted by Gasteiger charge is -2.48. The summed E-state index contributed by atoms with van der Waals surface area (Å²) in [6, 6.07) is 10.2. The minimum absolute atomic E-state index is 0.0282. The fourth-order valence-electron chi connectivity index (χ4n) is 4.43. The largest absolute Gasteiger partial charge is 0.495 e. The Morgan fingerprint density at radius 1 is 1.16 bits per heavy atom. The van der Waals surface area contributed by atoms with E-state index in [4.69, 9.17) is 21.1 Å². The number of carbonyl (C=O) groups excluding carboxylic acids is 3. The molecule has 1 saturated heterocycles. The molecule has 2 heterocycles. The molecule has 0 spiro atoms. The van der Waals surface area contributed by atoms with Gasteiger partial charge in [-0.15, -0.1) is 0 Å². The van der Waals surface area contributed by atoms with Gasteiger partial charge in [-0.05, 0) is 31.5 Å². The van der Waals surface area contributed by atoms with Gasteiger partial charge in [0.25, 0.3) is 5.91 Å². The first kappa shape index (κ1) is 22.0. The van der Waals surface area contributed by atoms with Crippen molar-refractivity contribution in [2.24, 2.45) is 0 Å². The van der Waals surface area contributed by atoms with E-state index in [0.717, 1.165) is 0 Å². The molecule has 3 amide bonds. The molecule has 4 rings (SSSR count). The van der Waals surface area contributed by atoms with Gasteiger partial charge in [0.15, 0.2) is 0 Å². The molecule has 0 unspecified atom stereocenters. The predicted octanol–water partition coefficient (Wildman–Crippen LogP) is 3.68. The highest BCUT2D eigenvalue weighted by atomic mass is 35.5. The van der Waals surface area contributed by atoms with Gasteiger partial charge < -0.3 is 19.7 Å². The van der Waals surface area contributed by atoms with Crippen LogP contribution in [0.3, 0.4) is 0 Å². The van der Waals surface area contributed by atoms with Crippen LogP contribution in [0.25, 0.3) is 0 Å². The molecule has 1 N–H and O–H groups in total. The van der Waals surface area contributed by atoms with Gasteiger partial charge in [-0.3, -0.25) is 19.3 Å². The monoisotopic (exact) mass is 457 g/mol. The Balaban J connectivity index is 1.54. The van der Waals surface area contributed by atoms with Gasteiger partial charge in [-0.2, -0.15) is 0 Å². The summed E-state index contributed by atoms with van der Waals surface area (Å²) >= 11 is 6.18. The van der Waals surface area contributed by atoms with E-state index in [1.54, 1.807) is 40.1 Å². The number of nitrogens with one attached hydrogen (secondary N) is 1. The number of methoxy groups -OCH3 is 2. The lowest BCUT2D eigenvalue weighted by atomic mass is 9.98. The molecule has 2 aromatic carbocycles. The van der Waals surface area contributed by atoms with Gasteiger partial charge >= 0.3 is 0 Å². The predicted molar refractivity (Wildman–Crippen MR) is 120 cm³/mol. The molecule has 2 aromatic rings. The van der Waals surface area contributed by atoms with Crippen LogP contribution >= 0.6 is 11.6 Å². The molecule has 32 heavy (non-hydrogen) atoms. The maximum atomic E-state index is 13.3. The van der Waals surface area contributed by atoms with E-state index in [-0.39, 0.29) is 30.7 Å². The van der Waals surface area contributed by atoms with Crippen LogP contribution < -0.4 is 19.7 Å². The molecule has 1 atom stereocenters. The Morgan fingerprint density at radius 2 is 1.88 bits per heavy atom. The number of hydrogen-bond acceptors (Lipinski definition) is 5. The molecular formula is C23H24ClN3O5. The summed E-state index contributed by atoms with van der Waals surface area (Å²) in [5.41, 5.74) is 0.691. The number of fused-ring (bicyclic) bond motifs is 3. The van der Waals surface area contributed by atoms with Crippen LogP contribution in [0.1, 0.15) is 36.5 Å². The second kappa shape index (κ2) is 8.35. The number of carbonyl (C=O) groups is 3. The Hall–Kier alpha value is -3.26. The summed E-state index contributed by atoms with van der Waals surface area (Å²) in [6.07, 6.45) is 0.899. The first-order chi connectivity index (χ1) is 15.3. The number of halogens is 1. The Kier molecular flexibility index (Phi) is 5.73. The Labute approximate surface area is 191 Å². The van der Waals surface area contributed by atoms with Gasteiger partial charge in [-0.1, -0.05) is 23.7 Å². The fraction of sp³-hybridized carbons (Fsp3) is 0.348. The normalized spacial score (nSPS) is 19.5. The van der Waals surface area contributed by atoms with E-state index in [9.17, 15) is 14.4 Å². The van der Waals surface area contributed by atoms with Gasteiger partial charge in [0, 0.05) is 25.5 Å². The van der Waals surface area contributed by atoms with Gasteiger partial charge in [0.2, 0.25) is 11.8 Å². The van der Waals surface area contributed by atoms with E-state index in [1.165, 1.54) is 14.2 Å². The summed E-state index contributed by atoms with van der Waals surface area (Å²) in [5, 5.41) is 3.12. The Morgan fingerprint density at radius 3 is 2.59 bits per heavy atom. The van der Waals surface area contributed by atoms with Gasteiger partial charge in [0.1, 0.15) is 17.2 Å². The Bertz CT molecular complexity index is 1110. The zero-order chi connectivity index (χ0) is 23.0. The summed E-state index contributed by atoms with van der Waals surface area (Å²) < 4.78 is 10.5. The van der Waals surface area contributed by atoms with Crippen molar-refractivity contribution in [1.29, 1.82) is 0 Å². The minimum Gasteiger partial charge on any atom is -0.495 e. The van der Waals surface area contributed by atoms with Crippen molar-refractivity contribution in [2.75, 3.05) is 31.0 Å². The second-order valence-corrected chi connectivity index (χ2v) is 8.31. The highest BCUT2D eigenvalue weighted by molar-refractivity contribution is 6.32. The van der Waals surface area contributed by atoms with E-state index >= 15 is 0 Å². The molecule has 0 bridgehead atoms. The summed E-state index contributed by atoms with van der Waals surface area (Å²) in [5.74, 6) is 0.308. The van der Waals surface area contributed by atoms with Crippen molar-refractivity contribution in [2.45, 2.75) is 31.8 Å². The number of benzene rings is 2. The molecular weight excluding hydrogens is 434 g/mol. The lowest BCUT2D eigenvalue weighted by Crippen LogP contribution is -2.62. The van der Waals surface area contributed by atoms with Crippen molar-refractivity contribution >= 4 is 40.7 Å². The van der Waals surface area contributed by atoms with Crippen LogP contribution in [-0.4, -0.2) is 49.0 Å². The molecule has 2 aliphatic rings. The number of nitrogens with zero attached hydrogens (tertiary/aromatic N) is 2. The van der Waals surface area contributed by atoms with Crippen LogP contribution in [0.2, 0.25) is 5.02 Å². The first-order valence-corrected chi connectivity index (χ1v) is 10.6. The maximum Gasteiger partial charge on any atom is 0.257 e. The molecule has 2 aliphatic heterocycles. The molecule has 1 fully saturated rings. The highest BCUT2D eigenvalue weighted by Crippen LogP contribution is 2.44. The van der Waals surface area contributed by atoms with Crippen molar-refractivity contribution in [1.82, 2.24) is 4.90 Å². The van der Waals surface area contributed by atoms with Crippen LogP contribution in [0.4, 0.5) is 11.4 Å². The maximum absolute atomic E-state index is 13.3. The standard InChI is InChI=1S/C23H24ClN3O5/c1-23-10-8-21(29)27(23)17-7-5-4-6-14(17)22(30)26(23)11-9-20(28)25-16-12-15(24)18(31-2)13-19(16)32-3/h4-7,12-13H,8-11H2,1-3H3,(H,25,28)/t23-/m0/s1. The van der Waals surface area contributed by atoms with Crippen molar-refractivity contribution in [3.63, 3.8) is 0 Å². The highest BCUT2D eigenvalue weighted by Gasteiger charge is 2.52. The molecule has 9 heteroatoms. The number of ether oxygens (including phenoxy) is 2. The van der Waals surface area contributed by atoms with E-state index in [1.807, 2.05) is 13.0 Å². The molecule has 8 nitrogen and oxygen atoms in total. The minimum atomic E-state index is -0.802. The SMILES string of the molecule is COc1cc(OC)c(NC(=O)CCN2C(=O)c3ccccc3N3C(=O)CC[C@@]23C)cc1Cl. The number of para-hydroxylation sites is 1. The van der Waals surface area contributed by atoms with E-state index in [0.29, 0.717) is 46.3 Å². The van der Waals surface area contributed by atoms with E-state index < -0.39 is 5.66 Å². The van der Waals surface area contributed by atoms with E-state index in [2.05, 4.69) is 5.32 Å². The number of rotatable bonds is 6. The first-order valence-electron chi connectivity index (χ1n) is 10.3. The zero-order valence-electron chi connectivity index (χ0n) is 18.1. The number of amides is 3. The third-order valence-corrected chi connectivity index (χ3v) is 6.35. The van der Waals surface area contributed by atoms with Crippen LogP contribution in [0, 0.1) is 0 Å². The van der Waals surface area contributed by atoms with Crippen LogP contribution in [0.15, 0.2) is 36.4 Å². The molecule has 0 aromatic heterocycles. The summed E-state index contributed by atoms with van der Waals surface area (Å²) in [7, 11) is 2.97. The summed E-state index contributed by atoms with van der Waals surface area (Å²) in [6.45, 7) is 2.03. The molecule has 0 radical (unpaired) electrons. The van der Waals surface area contributed by atoms with Crippen molar-refractivity contribution < 1.29 is 23.9 Å². The number of hydrogen-bond donors (Lipinski definition) is 1. The second-order valence-electron chi connectivity index (χ2n) is 7.91. The van der Waals surface area contributed by atoms with Crippen LogP contribution in [-0.2, 0) is 9.59 Å². The zero-order valence-corrected chi connectivity index (χ0v) is 18.9. The molecule has 0 aliphatic carbocycles. The number of anilines is 2. The third kappa shape index (κ3) is 3.54. The lowest BCUT2D eigenvalue weighted by molar-refractivity contribution is -0.117. The summed E-state index contributed by atoms with van der Waals surface area (Å²) in [4.78, 5) is 42.0. The van der Waals surface area contributed by atoms with Crippen LogP contribution in [0.5, 0.6) is 11.5 Å². The fourth-order valence-corrected chi connectivity index (χ4v) is 4.67. The van der Waals surface area contributed by atoms with Gasteiger partial charge in [-0.25, -0.2) is 0 Å². The van der Waals surface area contributed by atoms with Crippen molar-refractivity contribution in [3.05, 3.63) is 47.0 Å². The van der Waals surface area contributed by atoms with Gasteiger partial charge in [0.05, 0.1) is 36.2 Å². The third-order valence-electron chi connectivity index (χ3n) is 6.06. The molecule has 168 valence electrons. The smallest absolute Gasteiger partial charge is 0.257 e. The van der Waals surface area contributed by atoms with Crippen molar-refractivity contribution in [3.8, 4) is 11.5 Å². The topological polar surface area (TPSA) is 88.2 Å². The molecule has 0 saturated carbocycles. The average molecular weight is 458 g/mol. The average Bonchev–Trinajstić information content (AvgIpc) is 3.09.